The van der Waals surface area contributed by atoms with Crippen molar-refractivity contribution in [3.63, 3.8) is 0 Å². The van der Waals surface area contributed by atoms with Gasteiger partial charge in [0.05, 0.1) is 6.61 Å². The zero-order chi connectivity index (χ0) is 13.0. The summed E-state index contributed by atoms with van der Waals surface area (Å²) in [4.78, 5) is 14.3. The van der Waals surface area contributed by atoms with Gasteiger partial charge in [-0.2, -0.15) is 0 Å². The molecular formula is C15H21NO2. The fourth-order valence-corrected chi connectivity index (χ4v) is 2.43. The van der Waals surface area contributed by atoms with Crippen LogP contribution in [0.5, 0.6) is 5.75 Å². The van der Waals surface area contributed by atoms with Gasteiger partial charge < -0.3 is 9.64 Å². The molecule has 3 heteroatoms. The fraction of sp³-hybridized carbons (Fsp3) is 0.533. The second-order valence-electron chi connectivity index (χ2n) is 4.80. The van der Waals surface area contributed by atoms with Gasteiger partial charge in [0.1, 0.15) is 5.75 Å². The highest BCUT2D eigenvalue weighted by Gasteiger charge is 2.23. The number of rotatable bonds is 3. The summed E-state index contributed by atoms with van der Waals surface area (Å²) >= 11 is 0. The lowest BCUT2D eigenvalue weighted by molar-refractivity contribution is 0.0635. The first-order valence-electron chi connectivity index (χ1n) is 6.76. The largest absolute Gasteiger partial charge is 0.494 e. The Morgan fingerprint density at radius 3 is 2.67 bits per heavy atom. The first-order chi connectivity index (χ1) is 8.72. The minimum absolute atomic E-state index is 0.144. The van der Waals surface area contributed by atoms with Gasteiger partial charge in [-0.3, -0.25) is 4.79 Å². The van der Waals surface area contributed by atoms with E-state index in [1.54, 1.807) is 0 Å². The molecule has 98 valence electrons. The van der Waals surface area contributed by atoms with Crippen LogP contribution < -0.4 is 4.74 Å². The molecule has 0 spiro atoms. The van der Waals surface area contributed by atoms with E-state index in [-0.39, 0.29) is 5.91 Å². The van der Waals surface area contributed by atoms with Crippen LogP contribution in [-0.2, 0) is 0 Å². The van der Waals surface area contributed by atoms with Crippen LogP contribution in [0, 0.1) is 0 Å². The van der Waals surface area contributed by atoms with Crippen LogP contribution in [0.4, 0.5) is 0 Å². The maximum Gasteiger partial charge on any atom is 0.254 e. The zero-order valence-corrected chi connectivity index (χ0v) is 11.2. The summed E-state index contributed by atoms with van der Waals surface area (Å²) in [5, 5.41) is 0. The number of carbonyl (C=O) groups excluding carboxylic acids is 1. The van der Waals surface area contributed by atoms with Crippen molar-refractivity contribution in [2.24, 2.45) is 0 Å². The Kier molecular flexibility index (Phi) is 4.24. The molecule has 1 aliphatic heterocycles. The maximum absolute atomic E-state index is 12.4. The lowest BCUT2D eigenvalue weighted by atomic mass is 10.0. The molecule has 1 amide bonds. The molecule has 1 aliphatic rings. The Balaban J connectivity index is 2.08. The average molecular weight is 247 g/mol. The Morgan fingerprint density at radius 1 is 1.33 bits per heavy atom. The van der Waals surface area contributed by atoms with Crippen LogP contribution in [-0.4, -0.2) is 30.0 Å². The number of hydrogen-bond acceptors (Lipinski definition) is 2. The first-order valence-corrected chi connectivity index (χ1v) is 6.76. The van der Waals surface area contributed by atoms with Crippen LogP contribution in [0.25, 0.3) is 0 Å². The van der Waals surface area contributed by atoms with E-state index in [4.69, 9.17) is 4.74 Å². The zero-order valence-electron chi connectivity index (χ0n) is 11.2. The van der Waals surface area contributed by atoms with Gasteiger partial charge in [-0.1, -0.05) is 0 Å². The Hall–Kier alpha value is -1.51. The predicted octanol–water partition coefficient (Wildman–Crippen LogP) is 3.10. The molecule has 1 aromatic carbocycles. The van der Waals surface area contributed by atoms with Gasteiger partial charge in [0.15, 0.2) is 0 Å². The van der Waals surface area contributed by atoms with Crippen molar-refractivity contribution in [1.82, 2.24) is 4.90 Å². The number of ether oxygens (including phenoxy) is 1. The second-order valence-corrected chi connectivity index (χ2v) is 4.80. The molecule has 1 heterocycles. The Labute approximate surface area is 109 Å². The maximum atomic E-state index is 12.4. The molecule has 0 radical (unpaired) electrons. The normalized spacial score (nSPS) is 19.7. The summed E-state index contributed by atoms with van der Waals surface area (Å²) in [6.45, 7) is 5.61. The van der Waals surface area contributed by atoms with Gasteiger partial charge in [0.2, 0.25) is 0 Å². The summed E-state index contributed by atoms with van der Waals surface area (Å²) in [5.41, 5.74) is 0.757. The highest BCUT2D eigenvalue weighted by molar-refractivity contribution is 5.94. The van der Waals surface area contributed by atoms with E-state index in [1.165, 1.54) is 6.42 Å². The number of carbonyl (C=O) groups is 1. The molecule has 0 aromatic heterocycles. The number of amides is 1. The SMILES string of the molecule is CCOc1ccc(C(=O)N2CCCC[C@H]2C)cc1. The van der Waals surface area contributed by atoms with Crippen molar-refractivity contribution >= 4 is 5.91 Å². The van der Waals surface area contributed by atoms with Crippen molar-refractivity contribution in [3.05, 3.63) is 29.8 Å². The Bertz CT molecular complexity index is 399. The van der Waals surface area contributed by atoms with E-state index in [2.05, 4.69) is 6.92 Å². The third-order valence-electron chi connectivity index (χ3n) is 3.48. The van der Waals surface area contributed by atoms with E-state index in [1.807, 2.05) is 36.1 Å². The highest BCUT2D eigenvalue weighted by atomic mass is 16.5. The summed E-state index contributed by atoms with van der Waals surface area (Å²) in [7, 11) is 0. The molecule has 1 atom stereocenters. The van der Waals surface area contributed by atoms with Gasteiger partial charge in [0, 0.05) is 18.2 Å². The summed E-state index contributed by atoms with van der Waals surface area (Å²) in [5.74, 6) is 0.964. The van der Waals surface area contributed by atoms with Crippen LogP contribution in [0.1, 0.15) is 43.5 Å². The molecule has 18 heavy (non-hydrogen) atoms. The van der Waals surface area contributed by atoms with Crippen molar-refractivity contribution in [2.45, 2.75) is 39.2 Å². The quantitative estimate of drug-likeness (QED) is 0.821. The summed E-state index contributed by atoms with van der Waals surface area (Å²) in [6.07, 6.45) is 3.46. The lowest BCUT2D eigenvalue weighted by Crippen LogP contribution is -2.41. The summed E-state index contributed by atoms with van der Waals surface area (Å²) in [6, 6.07) is 7.80. The second kappa shape index (κ2) is 5.89. The smallest absolute Gasteiger partial charge is 0.254 e. The Morgan fingerprint density at radius 2 is 2.06 bits per heavy atom. The molecule has 1 aromatic rings. The molecule has 0 N–H and O–H groups in total. The van der Waals surface area contributed by atoms with Crippen LogP contribution >= 0.6 is 0 Å². The number of hydrogen-bond donors (Lipinski definition) is 0. The molecular weight excluding hydrogens is 226 g/mol. The topological polar surface area (TPSA) is 29.5 Å². The van der Waals surface area contributed by atoms with E-state index in [9.17, 15) is 4.79 Å². The van der Waals surface area contributed by atoms with E-state index in [0.29, 0.717) is 12.6 Å². The molecule has 1 saturated heterocycles. The van der Waals surface area contributed by atoms with Gasteiger partial charge >= 0.3 is 0 Å². The lowest BCUT2D eigenvalue weighted by Gasteiger charge is -2.33. The van der Waals surface area contributed by atoms with E-state index >= 15 is 0 Å². The van der Waals surface area contributed by atoms with Crippen molar-refractivity contribution in [1.29, 1.82) is 0 Å². The molecule has 3 nitrogen and oxygen atoms in total. The molecule has 0 saturated carbocycles. The standard InChI is InChI=1S/C15H21NO2/c1-3-18-14-9-7-13(8-10-14)15(17)16-11-5-4-6-12(16)2/h7-10,12H,3-6,11H2,1-2H3/t12-/m1/s1. The number of nitrogens with zero attached hydrogens (tertiary/aromatic N) is 1. The predicted molar refractivity (Wildman–Crippen MR) is 72.0 cm³/mol. The number of likely N-dealkylation sites (tertiary alicyclic amines) is 1. The van der Waals surface area contributed by atoms with Crippen LogP contribution in [0.2, 0.25) is 0 Å². The van der Waals surface area contributed by atoms with E-state index in [0.717, 1.165) is 30.7 Å². The third kappa shape index (κ3) is 2.84. The minimum atomic E-state index is 0.144. The summed E-state index contributed by atoms with van der Waals surface area (Å²) < 4.78 is 5.38. The average Bonchev–Trinajstić information content (AvgIpc) is 2.40. The van der Waals surface area contributed by atoms with Crippen LogP contribution in [0.15, 0.2) is 24.3 Å². The van der Waals surface area contributed by atoms with Gasteiger partial charge in [-0.15, -0.1) is 0 Å². The minimum Gasteiger partial charge on any atom is -0.494 e. The molecule has 0 unspecified atom stereocenters. The van der Waals surface area contributed by atoms with Crippen LogP contribution in [0.3, 0.4) is 0 Å². The molecule has 1 fully saturated rings. The van der Waals surface area contributed by atoms with Gasteiger partial charge in [-0.05, 0) is 57.4 Å². The molecule has 2 rings (SSSR count). The first kappa shape index (κ1) is 12.9. The van der Waals surface area contributed by atoms with Gasteiger partial charge in [-0.25, -0.2) is 0 Å². The fourth-order valence-electron chi connectivity index (χ4n) is 2.43. The highest BCUT2D eigenvalue weighted by Crippen LogP contribution is 2.20. The van der Waals surface area contributed by atoms with E-state index < -0.39 is 0 Å². The monoisotopic (exact) mass is 247 g/mol. The van der Waals surface area contributed by atoms with Crippen molar-refractivity contribution in [3.8, 4) is 5.75 Å². The number of piperidine rings is 1. The molecule has 0 aliphatic carbocycles. The third-order valence-corrected chi connectivity index (χ3v) is 3.48. The van der Waals surface area contributed by atoms with Crippen molar-refractivity contribution in [2.75, 3.05) is 13.2 Å². The number of benzene rings is 1. The molecule has 0 bridgehead atoms. The van der Waals surface area contributed by atoms with Crippen molar-refractivity contribution < 1.29 is 9.53 Å². The van der Waals surface area contributed by atoms with Gasteiger partial charge in [0.25, 0.3) is 5.91 Å².